The number of nitrogens with two attached hydrogens (primary N) is 1. The molecule has 0 unspecified atom stereocenters. The van der Waals surface area contributed by atoms with Gasteiger partial charge in [0.1, 0.15) is 0 Å². The second kappa shape index (κ2) is 11.6. The molecule has 0 spiro atoms. The molecule has 1 aromatic heterocycles. The Labute approximate surface area is 192 Å². The predicted molar refractivity (Wildman–Crippen MR) is 124 cm³/mol. The minimum absolute atomic E-state index is 0.0312. The minimum Gasteiger partial charge on any atom is -0.375 e. The van der Waals surface area contributed by atoms with Crippen LogP contribution in [-0.4, -0.2) is 22.3 Å². The Hall–Kier alpha value is -3.00. The normalized spacial score (nSPS) is 10.8. The summed E-state index contributed by atoms with van der Waals surface area (Å²) in [7, 11) is 0. The smallest absolute Gasteiger partial charge is 0.270 e. The third-order valence-corrected chi connectivity index (χ3v) is 5.36. The second-order valence-electron chi connectivity index (χ2n) is 7.44. The zero-order valence-electron chi connectivity index (χ0n) is 18.0. The van der Waals surface area contributed by atoms with Gasteiger partial charge in [-0.15, -0.1) is 0 Å². The van der Waals surface area contributed by atoms with Crippen molar-refractivity contribution in [2.75, 3.05) is 6.61 Å². The van der Waals surface area contributed by atoms with E-state index in [0.29, 0.717) is 42.5 Å². The van der Waals surface area contributed by atoms with E-state index in [1.807, 2.05) is 36.4 Å². The van der Waals surface area contributed by atoms with Gasteiger partial charge >= 0.3 is 0 Å². The van der Waals surface area contributed by atoms with Gasteiger partial charge in [-0.3, -0.25) is 9.59 Å². The highest BCUT2D eigenvalue weighted by Gasteiger charge is 2.14. The predicted octanol–water partition coefficient (Wildman–Crippen LogP) is 2.74. The molecule has 0 fully saturated rings. The molecule has 0 bridgehead atoms. The molecule has 32 heavy (non-hydrogen) atoms. The highest BCUT2D eigenvalue weighted by Crippen LogP contribution is 2.16. The van der Waals surface area contributed by atoms with E-state index in [4.69, 9.17) is 22.1 Å². The summed E-state index contributed by atoms with van der Waals surface area (Å²) in [6, 6.07) is 15.2. The van der Waals surface area contributed by atoms with E-state index in [9.17, 15) is 9.59 Å². The second-order valence-corrected chi connectivity index (χ2v) is 7.88. The number of benzene rings is 2. The van der Waals surface area contributed by atoms with Crippen molar-refractivity contribution in [1.82, 2.24) is 15.1 Å². The summed E-state index contributed by atoms with van der Waals surface area (Å²) >= 11 is 6.05. The summed E-state index contributed by atoms with van der Waals surface area (Å²) in [5, 5.41) is 7.61. The lowest BCUT2D eigenvalue weighted by Crippen LogP contribution is -2.33. The fourth-order valence-electron chi connectivity index (χ4n) is 3.28. The SMILES string of the molecule is Cc1cnn(CCOCc2ccccc2)c(=O)c1CC(=O)NCc1cc(Cl)ccc1CN. The van der Waals surface area contributed by atoms with Crippen molar-refractivity contribution in [3.8, 4) is 0 Å². The van der Waals surface area contributed by atoms with Gasteiger partial charge in [-0.05, 0) is 41.3 Å². The van der Waals surface area contributed by atoms with Crippen molar-refractivity contribution in [3.05, 3.63) is 97.9 Å². The minimum atomic E-state index is -0.283. The number of aryl methyl sites for hydroxylation is 1. The molecule has 2 aromatic carbocycles. The summed E-state index contributed by atoms with van der Waals surface area (Å²) < 4.78 is 6.99. The number of carbonyl (C=O) groups excluding carboxylic acids is 1. The topological polar surface area (TPSA) is 99.2 Å². The van der Waals surface area contributed by atoms with Gasteiger partial charge < -0.3 is 15.8 Å². The molecule has 0 saturated carbocycles. The molecule has 0 aliphatic heterocycles. The van der Waals surface area contributed by atoms with Crippen molar-refractivity contribution in [1.29, 1.82) is 0 Å². The Morgan fingerprint density at radius 3 is 2.72 bits per heavy atom. The lowest BCUT2D eigenvalue weighted by atomic mass is 10.1. The van der Waals surface area contributed by atoms with Crippen LogP contribution in [0.5, 0.6) is 0 Å². The summed E-state index contributed by atoms with van der Waals surface area (Å²) in [6.45, 7) is 3.53. The maximum absolute atomic E-state index is 12.8. The first-order valence-corrected chi connectivity index (χ1v) is 10.8. The molecule has 1 amide bonds. The van der Waals surface area contributed by atoms with Crippen LogP contribution >= 0.6 is 11.6 Å². The van der Waals surface area contributed by atoms with E-state index in [0.717, 1.165) is 16.7 Å². The molecule has 0 aliphatic carbocycles. The maximum Gasteiger partial charge on any atom is 0.270 e. The molecule has 3 N–H and O–H groups in total. The van der Waals surface area contributed by atoms with Gasteiger partial charge in [0.25, 0.3) is 5.56 Å². The van der Waals surface area contributed by atoms with Gasteiger partial charge in [-0.1, -0.05) is 48.0 Å². The highest BCUT2D eigenvalue weighted by atomic mass is 35.5. The summed E-state index contributed by atoms with van der Waals surface area (Å²) in [5.41, 5.74) is 9.40. The molecule has 3 rings (SSSR count). The molecule has 1 heterocycles. The molecule has 0 radical (unpaired) electrons. The van der Waals surface area contributed by atoms with E-state index < -0.39 is 0 Å². The molecule has 0 saturated heterocycles. The molecular weight excluding hydrogens is 428 g/mol. The first kappa shape index (κ1) is 23.7. The number of hydrogen-bond acceptors (Lipinski definition) is 5. The van der Waals surface area contributed by atoms with Crippen molar-refractivity contribution in [2.45, 2.75) is 39.6 Å². The number of hydrogen-bond donors (Lipinski definition) is 2. The quantitative estimate of drug-likeness (QED) is 0.459. The summed E-state index contributed by atoms with van der Waals surface area (Å²) in [5.74, 6) is -0.258. The maximum atomic E-state index is 12.8. The molecule has 8 heteroatoms. The van der Waals surface area contributed by atoms with Crippen LogP contribution in [0.25, 0.3) is 0 Å². The number of nitrogens with one attached hydrogen (secondary N) is 1. The fraction of sp³-hybridized carbons (Fsp3) is 0.292. The third-order valence-electron chi connectivity index (χ3n) is 5.12. The number of ether oxygens (including phenoxy) is 1. The largest absolute Gasteiger partial charge is 0.375 e. The zero-order valence-corrected chi connectivity index (χ0v) is 18.8. The summed E-state index contributed by atoms with van der Waals surface area (Å²) in [6.07, 6.45) is 1.57. The van der Waals surface area contributed by atoms with Crippen LogP contribution in [0, 0.1) is 6.92 Å². The van der Waals surface area contributed by atoms with Crippen LogP contribution < -0.4 is 16.6 Å². The van der Waals surface area contributed by atoms with Gasteiger partial charge in [0.05, 0.1) is 32.4 Å². The van der Waals surface area contributed by atoms with Crippen LogP contribution in [0.3, 0.4) is 0 Å². The Morgan fingerprint density at radius 2 is 1.97 bits per heavy atom. The van der Waals surface area contributed by atoms with Crippen LogP contribution in [0.4, 0.5) is 0 Å². The molecule has 168 valence electrons. The lowest BCUT2D eigenvalue weighted by molar-refractivity contribution is -0.120. The van der Waals surface area contributed by atoms with E-state index in [1.54, 1.807) is 25.3 Å². The average molecular weight is 455 g/mol. The van der Waals surface area contributed by atoms with Crippen molar-refractivity contribution in [2.24, 2.45) is 5.73 Å². The van der Waals surface area contributed by atoms with E-state index in [2.05, 4.69) is 10.4 Å². The molecule has 3 aromatic rings. The van der Waals surface area contributed by atoms with E-state index >= 15 is 0 Å². The van der Waals surface area contributed by atoms with Crippen LogP contribution in [-0.2, 0) is 42.2 Å². The first-order valence-electron chi connectivity index (χ1n) is 10.4. The molecule has 0 aliphatic rings. The third kappa shape index (κ3) is 6.50. The highest BCUT2D eigenvalue weighted by molar-refractivity contribution is 6.30. The zero-order chi connectivity index (χ0) is 22.9. The number of halogens is 1. The van der Waals surface area contributed by atoms with Gasteiger partial charge in [-0.25, -0.2) is 4.68 Å². The van der Waals surface area contributed by atoms with Crippen molar-refractivity contribution >= 4 is 17.5 Å². The number of nitrogens with zero attached hydrogens (tertiary/aromatic N) is 2. The van der Waals surface area contributed by atoms with Gasteiger partial charge in [0, 0.05) is 23.7 Å². The average Bonchev–Trinajstić information content (AvgIpc) is 2.80. The number of amides is 1. The fourth-order valence-corrected chi connectivity index (χ4v) is 3.47. The van der Waals surface area contributed by atoms with E-state index in [1.165, 1.54) is 4.68 Å². The summed E-state index contributed by atoms with van der Waals surface area (Å²) in [4.78, 5) is 25.4. The van der Waals surface area contributed by atoms with Crippen LogP contribution in [0.2, 0.25) is 5.02 Å². The van der Waals surface area contributed by atoms with Crippen LogP contribution in [0.1, 0.15) is 27.8 Å². The Bertz CT molecular complexity index is 1120. The first-order chi connectivity index (χ1) is 15.5. The number of rotatable bonds is 10. The van der Waals surface area contributed by atoms with Gasteiger partial charge in [0.15, 0.2) is 0 Å². The van der Waals surface area contributed by atoms with E-state index in [-0.39, 0.29) is 24.4 Å². The Balaban J connectivity index is 1.58. The molecule has 0 atom stereocenters. The standard InChI is InChI=1S/C24H27ClN4O3/c1-17-14-28-29(9-10-32-16-18-5-3-2-4-6-18)24(31)22(17)12-23(30)27-15-20-11-21(25)8-7-19(20)13-26/h2-8,11,14H,9-10,12-13,15-16,26H2,1H3,(H,27,30). The number of aromatic nitrogens is 2. The van der Waals surface area contributed by atoms with Gasteiger partial charge in [-0.2, -0.15) is 5.10 Å². The lowest BCUT2D eigenvalue weighted by Gasteiger charge is -2.12. The Morgan fingerprint density at radius 1 is 1.19 bits per heavy atom. The van der Waals surface area contributed by atoms with Crippen molar-refractivity contribution < 1.29 is 9.53 Å². The monoisotopic (exact) mass is 454 g/mol. The van der Waals surface area contributed by atoms with Crippen molar-refractivity contribution in [3.63, 3.8) is 0 Å². The van der Waals surface area contributed by atoms with Crippen LogP contribution in [0.15, 0.2) is 59.5 Å². The Kier molecular flexibility index (Phi) is 8.56. The number of carbonyl (C=O) groups is 1. The molecule has 7 nitrogen and oxygen atoms in total. The van der Waals surface area contributed by atoms with Gasteiger partial charge in [0.2, 0.25) is 5.91 Å². The molecular formula is C24H27ClN4O3.